The van der Waals surface area contributed by atoms with Gasteiger partial charge in [0.05, 0.1) is 25.5 Å². The molecule has 2 aromatic heterocycles. The molecule has 0 saturated heterocycles. The topological polar surface area (TPSA) is 105 Å². The van der Waals surface area contributed by atoms with Crippen molar-refractivity contribution in [1.29, 1.82) is 0 Å². The number of carbonyl (C=O) groups is 2. The molecule has 30 heavy (non-hydrogen) atoms. The second-order valence-corrected chi connectivity index (χ2v) is 8.07. The molecule has 0 spiro atoms. The summed E-state index contributed by atoms with van der Waals surface area (Å²) in [5.41, 5.74) is 1.73. The van der Waals surface area contributed by atoms with Gasteiger partial charge in [0.15, 0.2) is 0 Å². The third-order valence-electron chi connectivity index (χ3n) is 4.01. The van der Waals surface area contributed by atoms with Gasteiger partial charge in [-0.2, -0.15) is 0 Å². The van der Waals surface area contributed by atoms with Gasteiger partial charge in [-0.05, 0) is 50.9 Å². The van der Waals surface area contributed by atoms with Crippen molar-refractivity contribution < 1.29 is 23.8 Å². The van der Waals surface area contributed by atoms with Crippen LogP contribution in [-0.2, 0) is 20.8 Å². The summed E-state index contributed by atoms with van der Waals surface area (Å²) in [6, 6.07) is 1.21. The number of alkyl carbamates (subject to hydrolysis) is 1. The fourth-order valence-corrected chi connectivity index (χ4v) is 2.97. The third kappa shape index (κ3) is 6.43. The fraction of sp³-hybridized carbons (Fsp3) is 0.500. The average molecular weight is 439 g/mol. The molecule has 1 atom stereocenters. The highest BCUT2D eigenvalue weighted by Crippen LogP contribution is 2.25. The Bertz CT molecular complexity index is 907. The number of hydrogen-bond donors (Lipinski definition) is 1. The van der Waals surface area contributed by atoms with E-state index in [9.17, 15) is 9.59 Å². The summed E-state index contributed by atoms with van der Waals surface area (Å²) in [6.07, 6.45) is 2.78. The molecular weight excluding hydrogens is 412 g/mol. The van der Waals surface area contributed by atoms with Crippen LogP contribution in [0.3, 0.4) is 0 Å². The molecule has 0 aromatic carbocycles. The van der Waals surface area contributed by atoms with Gasteiger partial charge in [0.1, 0.15) is 11.3 Å². The normalized spacial score (nSPS) is 12.4. The van der Waals surface area contributed by atoms with Crippen molar-refractivity contribution in [3.05, 3.63) is 35.0 Å². The van der Waals surface area contributed by atoms with Gasteiger partial charge in [-0.3, -0.25) is 0 Å². The Morgan fingerprint density at radius 2 is 2.00 bits per heavy atom. The predicted molar refractivity (Wildman–Crippen MR) is 112 cm³/mol. The first-order valence-corrected chi connectivity index (χ1v) is 9.68. The predicted octanol–water partition coefficient (Wildman–Crippen LogP) is 3.23. The van der Waals surface area contributed by atoms with Crippen molar-refractivity contribution >= 4 is 23.7 Å². The van der Waals surface area contributed by atoms with E-state index in [0.29, 0.717) is 17.0 Å². The summed E-state index contributed by atoms with van der Waals surface area (Å²) in [5, 5.41) is 2.87. The molecule has 10 heteroatoms. The van der Waals surface area contributed by atoms with Crippen LogP contribution in [0, 0.1) is 6.92 Å². The fourth-order valence-electron chi connectivity index (χ4n) is 2.83. The van der Waals surface area contributed by atoms with E-state index in [1.54, 1.807) is 43.8 Å². The summed E-state index contributed by atoms with van der Waals surface area (Å²) in [5.74, 6) is -0.521. The SMILES string of the molecule is COC[C@@H](Cn1cc(-c2nc(Cl)ncc2C)cc1C(=O)OC)NC(=O)OC(C)(C)C. The lowest BCUT2D eigenvalue weighted by molar-refractivity contribution is 0.0459. The van der Waals surface area contributed by atoms with Crippen LogP contribution in [0.15, 0.2) is 18.5 Å². The lowest BCUT2D eigenvalue weighted by atomic mass is 10.1. The van der Waals surface area contributed by atoms with Gasteiger partial charge >= 0.3 is 12.1 Å². The van der Waals surface area contributed by atoms with E-state index >= 15 is 0 Å². The van der Waals surface area contributed by atoms with E-state index in [4.69, 9.17) is 25.8 Å². The largest absolute Gasteiger partial charge is 0.464 e. The number of esters is 1. The summed E-state index contributed by atoms with van der Waals surface area (Å²) < 4.78 is 17.1. The number of methoxy groups -OCH3 is 2. The van der Waals surface area contributed by atoms with Crippen molar-refractivity contribution in [3.8, 4) is 11.3 Å². The molecule has 0 bridgehead atoms. The molecule has 9 nitrogen and oxygen atoms in total. The number of halogens is 1. The Hall–Kier alpha value is -2.65. The van der Waals surface area contributed by atoms with Crippen molar-refractivity contribution in [1.82, 2.24) is 19.9 Å². The van der Waals surface area contributed by atoms with Crippen molar-refractivity contribution in [2.45, 2.75) is 45.9 Å². The standard InChI is InChI=1S/C20H27ClN4O5/c1-12-8-22-18(21)24-16(12)13-7-15(17(26)29-6)25(9-13)10-14(11-28-5)23-19(27)30-20(2,3)4/h7-9,14H,10-11H2,1-6H3,(H,23,27)/t14-/m1/s1. The number of hydrogen-bond acceptors (Lipinski definition) is 7. The first-order chi connectivity index (χ1) is 14.0. The first kappa shape index (κ1) is 23.6. The zero-order valence-corrected chi connectivity index (χ0v) is 18.7. The highest BCUT2D eigenvalue weighted by Gasteiger charge is 2.23. The number of aromatic nitrogens is 3. The van der Waals surface area contributed by atoms with Crippen LogP contribution in [0.25, 0.3) is 11.3 Å². The van der Waals surface area contributed by atoms with E-state index in [1.165, 1.54) is 14.2 Å². The molecule has 0 aliphatic heterocycles. The number of carbonyl (C=O) groups excluding carboxylic acids is 2. The maximum Gasteiger partial charge on any atom is 0.408 e. The molecule has 1 amide bonds. The van der Waals surface area contributed by atoms with Gasteiger partial charge in [-0.25, -0.2) is 19.6 Å². The van der Waals surface area contributed by atoms with E-state index in [-0.39, 0.29) is 18.4 Å². The smallest absolute Gasteiger partial charge is 0.408 e. The second-order valence-electron chi connectivity index (χ2n) is 7.73. The quantitative estimate of drug-likeness (QED) is 0.522. The van der Waals surface area contributed by atoms with Gasteiger partial charge < -0.3 is 24.1 Å². The van der Waals surface area contributed by atoms with Crippen molar-refractivity contribution in [3.63, 3.8) is 0 Å². The van der Waals surface area contributed by atoms with Crippen molar-refractivity contribution in [2.75, 3.05) is 20.8 Å². The van der Waals surface area contributed by atoms with E-state index in [2.05, 4.69) is 15.3 Å². The Balaban J connectivity index is 2.35. The molecule has 2 rings (SSSR count). The lowest BCUT2D eigenvalue weighted by Crippen LogP contribution is -2.43. The minimum Gasteiger partial charge on any atom is -0.464 e. The molecule has 0 fully saturated rings. The molecule has 0 unspecified atom stereocenters. The molecule has 1 N–H and O–H groups in total. The van der Waals surface area contributed by atoms with Gasteiger partial charge in [0.2, 0.25) is 5.28 Å². The van der Waals surface area contributed by atoms with E-state index in [1.807, 2.05) is 6.92 Å². The van der Waals surface area contributed by atoms with Crippen LogP contribution in [0.5, 0.6) is 0 Å². The van der Waals surface area contributed by atoms with Crippen LogP contribution >= 0.6 is 11.6 Å². The molecule has 2 aromatic rings. The van der Waals surface area contributed by atoms with Crippen LogP contribution in [-0.4, -0.2) is 59.1 Å². The summed E-state index contributed by atoms with van der Waals surface area (Å²) in [7, 11) is 2.83. The van der Waals surface area contributed by atoms with Crippen LogP contribution in [0.2, 0.25) is 5.28 Å². The molecule has 0 aliphatic carbocycles. The highest BCUT2D eigenvalue weighted by molar-refractivity contribution is 6.28. The van der Waals surface area contributed by atoms with Crippen LogP contribution in [0.4, 0.5) is 4.79 Å². The molecule has 0 radical (unpaired) electrons. The number of nitrogens with zero attached hydrogens (tertiary/aromatic N) is 3. The van der Waals surface area contributed by atoms with Gasteiger partial charge in [0.25, 0.3) is 0 Å². The van der Waals surface area contributed by atoms with Gasteiger partial charge in [0, 0.05) is 31.6 Å². The number of amides is 1. The maximum absolute atomic E-state index is 12.3. The molecule has 0 aliphatic rings. The molecular formula is C20H27ClN4O5. The monoisotopic (exact) mass is 438 g/mol. The number of rotatable bonds is 7. The van der Waals surface area contributed by atoms with Crippen molar-refractivity contribution in [2.24, 2.45) is 0 Å². The lowest BCUT2D eigenvalue weighted by Gasteiger charge is -2.24. The zero-order valence-electron chi connectivity index (χ0n) is 18.0. The summed E-state index contributed by atoms with van der Waals surface area (Å²) in [6.45, 7) is 7.64. The molecule has 2 heterocycles. The molecule has 164 valence electrons. The van der Waals surface area contributed by atoms with Gasteiger partial charge in [-0.1, -0.05) is 0 Å². The first-order valence-electron chi connectivity index (χ1n) is 9.30. The number of nitrogens with one attached hydrogen (secondary N) is 1. The second kappa shape index (κ2) is 9.90. The highest BCUT2D eigenvalue weighted by atomic mass is 35.5. The third-order valence-corrected chi connectivity index (χ3v) is 4.19. The minimum atomic E-state index is -0.636. The van der Waals surface area contributed by atoms with Crippen LogP contribution < -0.4 is 5.32 Å². The van der Waals surface area contributed by atoms with E-state index < -0.39 is 23.7 Å². The number of aryl methyl sites for hydroxylation is 1. The van der Waals surface area contributed by atoms with Crippen LogP contribution in [0.1, 0.15) is 36.8 Å². The Morgan fingerprint density at radius 3 is 2.60 bits per heavy atom. The zero-order chi connectivity index (χ0) is 22.5. The summed E-state index contributed by atoms with van der Waals surface area (Å²) >= 11 is 5.94. The number of ether oxygens (including phenoxy) is 3. The van der Waals surface area contributed by atoms with Gasteiger partial charge in [-0.15, -0.1) is 0 Å². The summed E-state index contributed by atoms with van der Waals surface area (Å²) in [4.78, 5) is 32.8. The molecule has 0 saturated carbocycles. The Labute approximate surface area is 180 Å². The Morgan fingerprint density at radius 1 is 1.30 bits per heavy atom. The van der Waals surface area contributed by atoms with E-state index in [0.717, 1.165) is 5.56 Å². The maximum atomic E-state index is 12.3. The minimum absolute atomic E-state index is 0.104. The Kier molecular flexibility index (Phi) is 7.80. The average Bonchev–Trinajstić information content (AvgIpc) is 3.05.